The Kier molecular flexibility index (Phi) is 24.2. The molecule has 0 bridgehead atoms. The second-order valence-electron chi connectivity index (χ2n) is 4.52. The standard InChI is InChI=1S/C10H20P2.4Ar/c11-9-5-1-3-7(9)8-4-2-6-10(8)12;;;;/h7-10H,1-6,11-12H2;;;;/t7-,8-,9-,10-;;;;/m1..../s1. The average molecular weight is 362 g/mol. The first-order chi connectivity index (χ1) is 5.79. The van der Waals surface area contributed by atoms with Gasteiger partial charge in [0.05, 0.1) is 0 Å². The molecular weight excluding hydrogens is 342 g/mol. The molecule has 0 aliphatic heterocycles. The van der Waals surface area contributed by atoms with Gasteiger partial charge >= 0.3 is 0 Å². The molecule has 0 N–H and O–H groups in total. The zero-order chi connectivity index (χ0) is 8.55. The fraction of sp³-hybridized carbons (Fsp3) is 1.00. The minimum Gasteiger partial charge on any atom is -0.134 e. The van der Waals surface area contributed by atoms with Gasteiger partial charge < -0.3 is 0 Å². The molecule has 0 aromatic heterocycles. The van der Waals surface area contributed by atoms with Crippen molar-refractivity contribution in [2.45, 2.75) is 49.8 Å². The molecule has 6 atom stereocenters. The Hall–Kier alpha value is 5.90. The minimum atomic E-state index is 0. The third-order valence-corrected chi connectivity index (χ3v) is 5.46. The zero-order valence-electron chi connectivity index (χ0n) is 9.12. The summed E-state index contributed by atoms with van der Waals surface area (Å²) in [5.74, 6) is 2.08. The number of hydrogen-bond acceptors (Lipinski definition) is 0. The van der Waals surface area contributed by atoms with E-state index >= 15 is 0 Å². The molecule has 2 aliphatic carbocycles. The molecule has 102 valence electrons. The molecule has 0 nitrogen and oxygen atoms in total. The van der Waals surface area contributed by atoms with Crippen molar-refractivity contribution >= 4 is 18.5 Å². The summed E-state index contributed by atoms with van der Waals surface area (Å²) in [4.78, 5) is 0. The van der Waals surface area contributed by atoms with Gasteiger partial charge in [0.1, 0.15) is 0 Å². The predicted octanol–water partition coefficient (Wildman–Crippen LogP) is 3.07. The van der Waals surface area contributed by atoms with Gasteiger partial charge in [-0.3, -0.25) is 0 Å². The van der Waals surface area contributed by atoms with Crippen LogP contribution in [0.4, 0.5) is 0 Å². The Morgan fingerprint density at radius 2 is 0.875 bits per heavy atom. The van der Waals surface area contributed by atoms with E-state index < -0.39 is 0 Å². The van der Waals surface area contributed by atoms with E-state index in [1.165, 1.54) is 38.5 Å². The summed E-state index contributed by atoms with van der Waals surface area (Å²) < 4.78 is 0. The van der Waals surface area contributed by atoms with Gasteiger partial charge in [0.2, 0.25) is 0 Å². The molecule has 0 radical (unpaired) electrons. The van der Waals surface area contributed by atoms with Gasteiger partial charge in [-0.25, -0.2) is 0 Å². The van der Waals surface area contributed by atoms with Crippen LogP contribution in [-0.2, 0) is 0 Å². The number of hydrogen-bond donors (Lipinski definition) is 0. The van der Waals surface area contributed by atoms with Crippen molar-refractivity contribution in [2.75, 3.05) is 0 Å². The third-order valence-electron chi connectivity index (χ3n) is 3.80. The van der Waals surface area contributed by atoms with Gasteiger partial charge in [-0.05, 0) is 48.8 Å². The summed E-state index contributed by atoms with van der Waals surface area (Å²) in [6.45, 7) is 0. The summed E-state index contributed by atoms with van der Waals surface area (Å²) in [7, 11) is 6.15. The topological polar surface area (TPSA) is 0 Å². The Morgan fingerprint density at radius 1 is 0.562 bits per heavy atom. The smallest absolute Gasteiger partial charge is 0 e. The molecule has 0 spiro atoms. The molecule has 0 aromatic rings. The molecule has 2 unspecified atom stereocenters. The predicted molar refractivity (Wildman–Crippen MR) is 61.7 cm³/mol. The molecule has 2 fully saturated rings. The molecule has 0 amide bonds. The van der Waals surface area contributed by atoms with Gasteiger partial charge in [-0.2, -0.15) is 0 Å². The first-order valence-electron chi connectivity index (χ1n) is 5.30. The van der Waals surface area contributed by atoms with Gasteiger partial charge in [-0.15, -0.1) is 18.5 Å². The van der Waals surface area contributed by atoms with E-state index in [2.05, 4.69) is 18.5 Å². The van der Waals surface area contributed by atoms with E-state index in [0.717, 1.165) is 23.2 Å². The monoisotopic (exact) mass is 362 g/mol. The molecule has 0 saturated heterocycles. The zero-order valence-corrected chi connectivity index (χ0v) is 14.3. The van der Waals surface area contributed by atoms with Gasteiger partial charge in [-0.1, -0.05) is 12.8 Å². The Bertz CT molecular complexity index is 153. The quantitative estimate of drug-likeness (QED) is 0.630. The molecule has 0 aromatic carbocycles. The van der Waals surface area contributed by atoms with Crippen LogP contribution in [0.1, 0.15) is 38.5 Å². The maximum atomic E-state index is 3.07. The molecule has 0 heterocycles. The largest absolute Gasteiger partial charge is 0.134 e. The van der Waals surface area contributed by atoms with E-state index in [0.29, 0.717) is 0 Å². The molecule has 2 saturated carbocycles. The summed E-state index contributed by atoms with van der Waals surface area (Å²) in [6.07, 6.45) is 8.89. The normalized spacial score (nSPS) is 36.4. The molecular formula is C10H20Ar4P2. The van der Waals surface area contributed by atoms with Crippen LogP contribution in [0.15, 0.2) is 0 Å². The minimum absolute atomic E-state index is 0. The first-order valence-corrected chi connectivity index (χ1v) is 6.63. The molecule has 6 heteroatoms. The van der Waals surface area contributed by atoms with Crippen LogP contribution in [0.3, 0.4) is 0 Å². The first kappa shape index (κ1) is 26.8. The van der Waals surface area contributed by atoms with Crippen LogP contribution in [-0.4, -0.2) is 11.3 Å². The second kappa shape index (κ2) is 14.5. The van der Waals surface area contributed by atoms with E-state index in [4.69, 9.17) is 0 Å². The maximum absolute atomic E-state index is 3.07. The third kappa shape index (κ3) is 7.95. The molecule has 2 rings (SSSR count). The Morgan fingerprint density at radius 3 is 1.06 bits per heavy atom. The summed E-state index contributed by atoms with van der Waals surface area (Å²) in [5, 5.41) is 0. The van der Waals surface area contributed by atoms with Gasteiger partial charge in [0, 0.05) is 151 Å². The fourth-order valence-electron chi connectivity index (χ4n) is 3.10. The average Bonchev–Trinajstić information content (AvgIpc) is 2.59. The van der Waals surface area contributed by atoms with E-state index in [9.17, 15) is 0 Å². The van der Waals surface area contributed by atoms with Crippen LogP contribution < -0.4 is 0 Å². The van der Waals surface area contributed by atoms with E-state index in [-0.39, 0.29) is 151 Å². The van der Waals surface area contributed by atoms with Crippen molar-refractivity contribution in [3.05, 3.63) is 0 Å². The number of rotatable bonds is 1. The van der Waals surface area contributed by atoms with Crippen molar-refractivity contribution in [1.29, 1.82) is 0 Å². The second-order valence-corrected chi connectivity index (χ2v) is 6.23. The molecule has 16 heavy (non-hydrogen) atoms. The van der Waals surface area contributed by atoms with Gasteiger partial charge in [0.15, 0.2) is 0 Å². The van der Waals surface area contributed by atoms with Crippen LogP contribution in [0.2, 0.25) is 0 Å². The summed E-state index contributed by atoms with van der Waals surface area (Å²) in [5.41, 5.74) is 1.88. The van der Waals surface area contributed by atoms with Crippen LogP contribution in [0.25, 0.3) is 0 Å². The molecule has 2 aliphatic rings. The van der Waals surface area contributed by atoms with E-state index in [1.54, 1.807) is 0 Å². The Labute approximate surface area is 225 Å². The summed E-state index contributed by atoms with van der Waals surface area (Å²) in [6, 6.07) is 0. The fourth-order valence-corrected chi connectivity index (χ4v) is 4.53. The van der Waals surface area contributed by atoms with Gasteiger partial charge in [0.25, 0.3) is 0 Å². The van der Waals surface area contributed by atoms with E-state index in [1.807, 2.05) is 0 Å². The SMILES string of the molecule is P[C@@H]1CCC[C@@H]1[C@H]1CCC[C@H]1P.[Ar].[Ar].[Ar].[Ar]. The van der Waals surface area contributed by atoms with Crippen molar-refractivity contribution < 1.29 is 151 Å². The van der Waals surface area contributed by atoms with Crippen molar-refractivity contribution in [1.82, 2.24) is 0 Å². The van der Waals surface area contributed by atoms with Crippen molar-refractivity contribution in [2.24, 2.45) is 11.8 Å². The Balaban J connectivity index is -0.000000422. The van der Waals surface area contributed by atoms with Crippen LogP contribution in [0.5, 0.6) is 0 Å². The maximum Gasteiger partial charge on any atom is 0 e. The van der Waals surface area contributed by atoms with Crippen LogP contribution in [0, 0.1) is 163 Å². The van der Waals surface area contributed by atoms with Crippen LogP contribution >= 0.6 is 18.5 Å². The summed E-state index contributed by atoms with van der Waals surface area (Å²) >= 11 is 0. The van der Waals surface area contributed by atoms with Crippen molar-refractivity contribution in [3.63, 3.8) is 0 Å². The van der Waals surface area contributed by atoms with Crippen molar-refractivity contribution in [3.8, 4) is 0 Å².